The number of aromatic nitrogens is 2. The number of fused-ring (bicyclic) bond motifs is 1. The highest BCUT2D eigenvalue weighted by Crippen LogP contribution is 2.25. The van der Waals surface area contributed by atoms with Crippen LogP contribution in [0.25, 0.3) is 5.65 Å². The van der Waals surface area contributed by atoms with E-state index in [1.165, 1.54) is 12.3 Å². The summed E-state index contributed by atoms with van der Waals surface area (Å²) in [5.41, 5.74) is 6.66. The van der Waals surface area contributed by atoms with Crippen LogP contribution in [0.5, 0.6) is 0 Å². The second-order valence-electron chi connectivity index (χ2n) is 3.13. The van der Waals surface area contributed by atoms with Crippen LogP contribution >= 0.6 is 12.4 Å². The van der Waals surface area contributed by atoms with Crippen molar-refractivity contribution in [3.63, 3.8) is 0 Å². The fraction of sp³-hybridized carbons (Fsp3) is 0.222. The van der Waals surface area contributed by atoms with Crippen molar-refractivity contribution in [2.75, 3.05) is 5.73 Å². The monoisotopic (exact) mass is 233 g/mol. The molecule has 0 bridgehead atoms. The molecule has 0 fully saturated rings. The van der Waals surface area contributed by atoms with Crippen molar-refractivity contribution in [2.24, 2.45) is 0 Å². The minimum Gasteiger partial charge on any atom is -0.397 e. The molecule has 15 heavy (non-hydrogen) atoms. The van der Waals surface area contributed by atoms with E-state index < -0.39 is 6.43 Å². The zero-order chi connectivity index (χ0) is 10.3. The molecule has 3 nitrogen and oxygen atoms in total. The second kappa shape index (κ2) is 4.02. The molecule has 0 spiro atoms. The van der Waals surface area contributed by atoms with Crippen molar-refractivity contribution < 1.29 is 8.78 Å². The number of aryl methyl sites for hydroxylation is 1. The van der Waals surface area contributed by atoms with Crippen LogP contribution in [0.3, 0.4) is 0 Å². The van der Waals surface area contributed by atoms with E-state index >= 15 is 0 Å². The molecule has 0 aliphatic heterocycles. The molecule has 2 aromatic rings. The van der Waals surface area contributed by atoms with Gasteiger partial charge in [0.25, 0.3) is 6.43 Å². The lowest BCUT2D eigenvalue weighted by Gasteiger charge is -2.04. The molecule has 2 aromatic heterocycles. The summed E-state index contributed by atoms with van der Waals surface area (Å²) in [6.45, 7) is 1.80. The highest BCUT2D eigenvalue weighted by atomic mass is 35.5. The molecule has 0 radical (unpaired) electrons. The summed E-state index contributed by atoms with van der Waals surface area (Å²) in [7, 11) is 0. The Morgan fingerprint density at radius 1 is 1.40 bits per heavy atom. The third-order valence-corrected chi connectivity index (χ3v) is 2.01. The number of rotatable bonds is 1. The van der Waals surface area contributed by atoms with E-state index in [1.54, 1.807) is 17.5 Å². The highest BCUT2D eigenvalue weighted by Gasteiger charge is 2.13. The van der Waals surface area contributed by atoms with E-state index in [4.69, 9.17) is 5.73 Å². The van der Waals surface area contributed by atoms with Gasteiger partial charge in [-0.05, 0) is 13.0 Å². The molecule has 2 rings (SSSR count). The first-order valence-corrected chi connectivity index (χ1v) is 4.11. The van der Waals surface area contributed by atoms with Crippen molar-refractivity contribution in [2.45, 2.75) is 13.3 Å². The third kappa shape index (κ3) is 2.02. The fourth-order valence-corrected chi connectivity index (χ4v) is 1.38. The largest absolute Gasteiger partial charge is 0.397 e. The van der Waals surface area contributed by atoms with Crippen LogP contribution in [-0.4, -0.2) is 9.38 Å². The molecule has 0 atom stereocenters. The van der Waals surface area contributed by atoms with E-state index in [0.29, 0.717) is 5.65 Å². The lowest BCUT2D eigenvalue weighted by molar-refractivity contribution is 0.152. The Balaban J connectivity index is 0.00000112. The smallest absolute Gasteiger partial charge is 0.266 e. The van der Waals surface area contributed by atoms with Crippen molar-refractivity contribution in [1.82, 2.24) is 9.38 Å². The average molecular weight is 234 g/mol. The van der Waals surface area contributed by atoms with Gasteiger partial charge < -0.3 is 10.1 Å². The zero-order valence-corrected chi connectivity index (χ0v) is 8.76. The average Bonchev–Trinajstić information content (AvgIpc) is 2.42. The van der Waals surface area contributed by atoms with E-state index in [0.717, 1.165) is 5.69 Å². The molecular formula is C9H10ClF2N3. The van der Waals surface area contributed by atoms with Crippen LogP contribution in [-0.2, 0) is 0 Å². The Morgan fingerprint density at radius 2 is 2.07 bits per heavy atom. The molecule has 0 saturated heterocycles. The van der Waals surface area contributed by atoms with E-state index in [2.05, 4.69) is 4.98 Å². The van der Waals surface area contributed by atoms with Gasteiger partial charge in [-0.3, -0.25) is 0 Å². The molecular weight excluding hydrogens is 224 g/mol. The van der Waals surface area contributed by atoms with Gasteiger partial charge in [0.05, 0.1) is 11.4 Å². The first kappa shape index (κ1) is 11.7. The number of hydrogen-bond donors (Lipinski definition) is 1. The standard InChI is InChI=1S/C9H9F2N3.ClH/c1-5-3-14-4-7(12)6(9(10)11)2-8(14)13-5;/h2-4,9H,12H2,1H3;1H. The second-order valence-corrected chi connectivity index (χ2v) is 3.13. The Labute approximate surface area is 91.3 Å². The van der Waals surface area contributed by atoms with Gasteiger partial charge in [-0.25, -0.2) is 13.8 Å². The first-order valence-electron chi connectivity index (χ1n) is 4.11. The van der Waals surface area contributed by atoms with Crippen LogP contribution in [0.1, 0.15) is 17.7 Å². The van der Waals surface area contributed by atoms with E-state index in [1.807, 2.05) is 0 Å². The maximum Gasteiger partial charge on any atom is 0.266 e. The quantitative estimate of drug-likeness (QED) is 0.823. The number of hydrogen-bond acceptors (Lipinski definition) is 2. The van der Waals surface area contributed by atoms with Crippen molar-refractivity contribution in [1.29, 1.82) is 0 Å². The Morgan fingerprint density at radius 3 is 2.67 bits per heavy atom. The van der Waals surface area contributed by atoms with Gasteiger partial charge >= 0.3 is 0 Å². The number of anilines is 1. The molecule has 0 unspecified atom stereocenters. The van der Waals surface area contributed by atoms with Gasteiger partial charge in [0.1, 0.15) is 5.65 Å². The zero-order valence-electron chi connectivity index (χ0n) is 7.95. The topological polar surface area (TPSA) is 43.3 Å². The number of nitrogen functional groups attached to an aromatic ring is 1. The Bertz CT molecular complexity index is 481. The van der Waals surface area contributed by atoms with Crippen LogP contribution in [0, 0.1) is 6.92 Å². The summed E-state index contributed by atoms with van der Waals surface area (Å²) in [4.78, 5) is 4.07. The van der Waals surface area contributed by atoms with Crippen LogP contribution in [0.15, 0.2) is 18.5 Å². The summed E-state index contributed by atoms with van der Waals surface area (Å²) in [6, 6.07) is 1.31. The number of nitrogens with zero attached hydrogens (tertiary/aromatic N) is 2. The van der Waals surface area contributed by atoms with E-state index in [9.17, 15) is 8.78 Å². The van der Waals surface area contributed by atoms with E-state index in [-0.39, 0.29) is 23.7 Å². The van der Waals surface area contributed by atoms with Crippen molar-refractivity contribution in [3.8, 4) is 0 Å². The lowest BCUT2D eigenvalue weighted by Crippen LogP contribution is -1.97. The third-order valence-electron chi connectivity index (χ3n) is 2.01. The number of nitrogens with two attached hydrogens (primary N) is 1. The maximum absolute atomic E-state index is 12.4. The molecule has 2 heterocycles. The molecule has 0 aliphatic rings. The molecule has 82 valence electrons. The Kier molecular flexibility index (Phi) is 3.14. The van der Waals surface area contributed by atoms with Gasteiger partial charge in [0.15, 0.2) is 0 Å². The van der Waals surface area contributed by atoms with Gasteiger partial charge in [0, 0.05) is 18.0 Å². The molecule has 6 heteroatoms. The molecule has 0 saturated carbocycles. The minimum atomic E-state index is -2.56. The summed E-state index contributed by atoms with van der Waals surface area (Å²) in [5.74, 6) is 0. The molecule has 2 N–H and O–H groups in total. The number of pyridine rings is 1. The van der Waals surface area contributed by atoms with Gasteiger partial charge in [-0.1, -0.05) is 0 Å². The number of halogens is 3. The Hall–Kier alpha value is -1.36. The maximum atomic E-state index is 12.4. The van der Waals surface area contributed by atoms with Crippen LogP contribution in [0.4, 0.5) is 14.5 Å². The predicted molar refractivity (Wildman–Crippen MR) is 56.5 cm³/mol. The summed E-state index contributed by atoms with van der Waals surface area (Å²) < 4.78 is 26.5. The van der Waals surface area contributed by atoms with Gasteiger partial charge in [0.2, 0.25) is 0 Å². The molecule has 0 aromatic carbocycles. The molecule has 0 aliphatic carbocycles. The molecule has 0 amide bonds. The number of imidazole rings is 1. The van der Waals surface area contributed by atoms with Crippen molar-refractivity contribution in [3.05, 3.63) is 29.7 Å². The minimum absolute atomic E-state index is 0. The fourth-order valence-electron chi connectivity index (χ4n) is 1.38. The van der Waals surface area contributed by atoms with Crippen molar-refractivity contribution >= 4 is 23.7 Å². The first-order chi connectivity index (χ1) is 6.58. The van der Waals surface area contributed by atoms with Gasteiger partial charge in [-0.15, -0.1) is 12.4 Å². The highest BCUT2D eigenvalue weighted by molar-refractivity contribution is 5.85. The summed E-state index contributed by atoms with van der Waals surface area (Å²) >= 11 is 0. The summed E-state index contributed by atoms with van der Waals surface area (Å²) in [5, 5.41) is 0. The van der Waals surface area contributed by atoms with Crippen LogP contribution < -0.4 is 5.73 Å². The van der Waals surface area contributed by atoms with Crippen LogP contribution in [0.2, 0.25) is 0 Å². The number of alkyl halides is 2. The normalized spacial score (nSPS) is 10.7. The summed E-state index contributed by atoms with van der Waals surface area (Å²) in [6.07, 6.45) is 0.634. The predicted octanol–water partition coefficient (Wildman–Crippen LogP) is 2.58. The lowest BCUT2D eigenvalue weighted by atomic mass is 10.2. The SMILES string of the molecule is Cc1cn2cc(N)c(C(F)F)cc2n1.Cl. The van der Waals surface area contributed by atoms with Gasteiger partial charge in [-0.2, -0.15) is 0 Å².